The minimum absolute atomic E-state index is 0.564. The van der Waals surface area contributed by atoms with Gasteiger partial charge in [0.1, 0.15) is 6.10 Å². The van der Waals surface area contributed by atoms with Crippen molar-refractivity contribution in [3.05, 3.63) is 54.6 Å². The van der Waals surface area contributed by atoms with Crippen molar-refractivity contribution in [3.8, 4) is 0 Å². The number of aliphatic hydroxyl groups is 1. The van der Waals surface area contributed by atoms with Crippen LogP contribution in [0.25, 0.3) is 0 Å². The molecule has 1 N–H and O–H groups in total. The fourth-order valence-corrected chi connectivity index (χ4v) is 3.80. The van der Waals surface area contributed by atoms with Crippen LogP contribution in [0.5, 0.6) is 0 Å². The number of halogens is 2. The van der Waals surface area contributed by atoms with Gasteiger partial charge in [-0.2, -0.15) is 0 Å². The average molecular weight is 362 g/mol. The Morgan fingerprint density at radius 1 is 1.25 bits per heavy atom. The maximum Gasteiger partial charge on any atom is 0.114 e. The summed E-state index contributed by atoms with van der Waals surface area (Å²) in [5, 5.41) is 12.2. The van der Waals surface area contributed by atoms with Crippen LogP contribution in [0.1, 0.15) is 22.1 Å². The van der Waals surface area contributed by atoms with Crippen molar-refractivity contribution in [2.75, 3.05) is 0 Å². The highest BCUT2D eigenvalue weighted by Gasteiger charge is 2.15. The molecule has 0 radical (unpaired) electrons. The van der Waals surface area contributed by atoms with Crippen molar-refractivity contribution >= 4 is 43.2 Å². The molecular weight excluding hydrogens is 352 g/mol. The van der Waals surface area contributed by atoms with Gasteiger partial charge in [0.25, 0.3) is 0 Å². The highest BCUT2D eigenvalue weighted by atomic mass is 79.9. The molecule has 1 heterocycles. The van der Waals surface area contributed by atoms with Crippen LogP contribution < -0.4 is 0 Å². The van der Waals surface area contributed by atoms with Gasteiger partial charge in [-0.3, -0.25) is 0 Å². The molecule has 2 aromatic rings. The van der Waals surface area contributed by atoms with Gasteiger partial charge in [0, 0.05) is 8.95 Å². The minimum Gasteiger partial charge on any atom is -0.383 e. The van der Waals surface area contributed by atoms with Crippen molar-refractivity contribution in [1.29, 1.82) is 0 Å². The summed E-state index contributed by atoms with van der Waals surface area (Å²) in [7, 11) is 0. The van der Waals surface area contributed by atoms with Gasteiger partial charge in [-0.15, -0.1) is 11.3 Å². The number of aliphatic hydroxyl groups excluding tert-OH is 1. The molecule has 0 bridgehead atoms. The van der Waals surface area contributed by atoms with Crippen LogP contribution in [0.3, 0.4) is 0 Å². The van der Waals surface area contributed by atoms with Gasteiger partial charge in [0.05, 0.1) is 4.88 Å². The molecule has 16 heavy (non-hydrogen) atoms. The van der Waals surface area contributed by atoms with E-state index in [9.17, 15) is 5.11 Å². The summed E-state index contributed by atoms with van der Waals surface area (Å²) in [4.78, 5) is 0.942. The van der Waals surface area contributed by atoms with E-state index in [1.54, 1.807) is 11.3 Å². The summed E-state index contributed by atoms with van der Waals surface area (Å²) < 4.78 is 1.96. The average Bonchev–Trinajstić information content (AvgIpc) is 2.62. The first-order chi connectivity index (χ1) is 7.58. The zero-order valence-electron chi connectivity index (χ0n) is 8.58. The Kier molecular flexibility index (Phi) is 3.85. The van der Waals surface area contributed by atoms with E-state index in [1.807, 2.05) is 36.6 Å². The predicted molar refractivity (Wildman–Crippen MR) is 75.0 cm³/mol. The van der Waals surface area contributed by atoms with Gasteiger partial charge in [0.2, 0.25) is 0 Å². The van der Waals surface area contributed by atoms with E-state index in [4.69, 9.17) is 0 Å². The van der Waals surface area contributed by atoms with E-state index in [1.165, 1.54) is 0 Å². The van der Waals surface area contributed by atoms with Crippen LogP contribution in [0.4, 0.5) is 0 Å². The van der Waals surface area contributed by atoms with Crippen LogP contribution in [-0.2, 0) is 0 Å². The molecular formula is C12H10Br2OS. The van der Waals surface area contributed by atoms with Gasteiger partial charge >= 0.3 is 0 Å². The van der Waals surface area contributed by atoms with Crippen molar-refractivity contribution in [1.82, 2.24) is 0 Å². The van der Waals surface area contributed by atoms with Crippen molar-refractivity contribution in [2.45, 2.75) is 13.0 Å². The molecule has 0 spiro atoms. The molecule has 1 atom stereocenters. The number of rotatable bonds is 2. The summed E-state index contributed by atoms with van der Waals surface area (Å²) in [5.41, 5.74) is 2.05. The number of benzene rings is 1. The maximum absolute atomic E-state index is 10.3. The third-order valence-corrected chi connectivity index (χ3v) is 4.65. The molecule has 0 aliphatic heterocycles. The summed E-state index contributed by atoms with van der Waals surface area (Å²) >= 11 is 8.44. The topological polar surface area (TPSA) is 20.2 Å². The van der Waals surface area contributed by atoms with Gasteiger partial charge in [-0.25, -0.2) is 0 Å². The maximum atomic E-state index is 10.3. The van der Waals surface area contributed by atoms with E-state index in [2.05, 4.69) is 31.9 Å². The zero-order valence-corrected chi connectivity index (χ0v) is 12.6. The second-order valence-electron chi connectivity index (χ2n) is 3.60. The highest BCUT2D eigenvalue weighted by molar-refractivity contribution is 9.10. The molecule has 0 aliphatic rings. The Labute approximate surface area is 115 Å². The number of thiophene rings is 1. The lowest BCUT2D eigenvalue weighted by Crippen LogP contribution is -1.98. The Balaban J connectivity index is 2.41. The Bertz CT molecular complexity index is 487. The van der Waals surface area contributed by atoms with Crippen LogP contribution in [-0.4, -0.2) is 5.11 Å². The van der Waals surface area contributed by atoms with E-state index in [-0.39, 0.29) is 0 Å². The largest absolute Gasteiger partial charge is 0.383 e. The number of aryl methyl sites for hydroxylation is 1. The first-order valence-electron chi connectivity index (χ1n) is 4.76. The Morgan fingerprint density at radius 2 is 2.00 bits per heavy atom. The molecule has 1 nitrogen and oxygen atoms in total. The number of hydrogen-bond donors (Lipinski definition) is 1. The van der Waals surface area contributed by atoms with Crippen molar-refractivity contribution in [2.24, 2.45) is 0 Å². The molecule has 2 rings (SSSR count). The lowest BCUT2D eigenvalue weighted by molar-refractivity contribution is 0.223. The summed E-state index contributed by atoms with van der Waals surface area (Å²) in [6, 6.07) is 7.93. The minimum atomic E-state index is -0.564. The van der Waals surface area contributed by atoms with Crippen LogP contribution in [0.15, 0.2) is 38.6 Å². The molecule has 0 saturated heterocycles. The van der Waals surface area contributed by atoms with Crippen LogP contribution >= 0.6 is 43.2 Å². The second-order valence-corrected chi connectivity index (χ2v) is 6.31. The Hall–Kier alpha value is -0.160. The summed E-state index contributed by atoms with van der Waals surface area (Å²) in [6.07, 6.45) is -0.564. The fourth-order valence-electron chi connectivity index (χ4n) is 1.57. The lowest BCUT2D eigenvalue weighted by Gasteiger charge is -2.11. The molecule has 1 unspecified atom stereocenters. The Morgan fingerprint density at radius 3 is 2.56 bits per heavy atom. The molecule has 84 valence electrons. The van der Waals surface area contributed by atoms with Crippen molar-refractivity contribution in [3.63, 3.8) is 0 Å². The quantitative estimate of drug-likeness (QED) is 0.824. The molecule has 0 fully saturated rings. The van der Waals surface area contributed by atoms with E-state index >= 15 is 0 Å². The normalized spacial score (nSPS) is 12.8. The van der Waals surface area contributed by atoms with Gasteiger partial charge in [-0.05, 0) is 57.6 Å². The van der Waals surface area contributed by atoms with E-state index in [0.29, 0.717) is 0 Å². The molecule has 1 aromatic heterocycles. The lowest BCUT2D eigenvalue weighted by atomic mass is 10.1. The van der Waals surface area contributed by atoms with E-state index in [0.717, 1.165) is 24.9 Å². The summed E-state index contributed by atoms with van der Waals surface area (Å²) in [6.45, 7) is 2.02. The van der Waals surface area contributed by atoms with Crippen LogP contribution in [0.2, 0.25) is 0 Å². The first kappa shape index (κ1) is 12.3. The fraction of sp³-hybridized carbons (Fsp3) is 0.167. The SMILES string of the molecule is Cc1cc(Br)cc(C(O)c2sccc2Br)c1. The predicted octanol–water partition coefficient (Wildman–Crippen LogP) is 4.66. The van der Waals surface area contributed by atoms with Gasteiger partial charge in [-0.1, -0.05) is 22.0 Å². The van der Waals surface area contributed by atoms with Gasteiger partial charge < -0.3 is 5.11 Å². The molecule has 0 amide bonds. The molecule has 1 aromatic carbocycles. The smallest absolute Gasteiger partial charge is 0.114 e. The number of hydrogen-bond acceptors (Lipinski definition) is 2. The van der Waals surface area contributed by atoms with Crippen molar-refractivity contribution < 1.29 is 5.11 Å². The highest BCUT2D eigenvalue weighted by Crippen LogP contribution is 2.34. The summed E-state index contributed by atoms with van der Waals surface area (Å²) in [5.74, 6) is 0. The third kappa shape index (κ3) is 2.56. The van der Waals surface area contributed by atoms with Gasteiger partial charge in [0.15, 0.2) is 0 Å². The molecule has 4 heteroatoms. The van der Waals surface area contributed by atoms with Crippen LogP contribution in [0, 0.1) is 6.92 Å². The molecule has 0 aliphatic carbocycles. The second kappa shape index (κ2) is 5.00. The standard InChI is InChI=1S/C12H10Br2OS/c1-7-4-8(6-9(13)5-7)11(15)12-10(14)2-3-16-12/h2-6,11,15H,1H3. The monoisotopic (exact) mass is 360 g/mol. The zero-order chi connectivity index (χ0) is 11.7. The van der Waals surface area contributed by atoms with E-state index < -0.39 is 6.10 Å². The first-order valence-corrected chi connectivity index (χ1v) is 7.22. The molecule has 0 saturated carbocycles. The third-order valence-electron chi connectivity index (χ3n) is 2.27.